The molecule has 0 saturated heterocycles. The van der Waals surface area contributed by atoms with Crippen molar-refractivity contribution < 1.29 is 14.6 Å². The van der Waals surface area contributed by atoms with Crippen LogP contribution in [-0.4, -0.2) is 24.7 Å². The lowest BCUT2D eigenvalue weighted by Crippen LogP contribution is -2.33. The second-order valence-electron chi connectivity index (χ2n) is 6.63. The SMILES string of the molecule is COc1ccc(C(C)CCNC(=O)CC(C)(O)c2ccccc2)cc1. The van der Waals surface area contributed by atoms with Crippen LogP contribution >= 0.6 is 0 Å². The van der Waals surface area contributed by atoms with E-state index in [9.17, 15) is 9.90 Å². The zero-order valence-corrected chi connectivity index (χ0v) is 15.2. The Morgan fingerprint density at radius 3 is 2.40 bits per heavy atom. The number of hydrogen-bond donors (Lipinski definition) is 2. The van der Waals surface area contributed by atoms with E-state index in [4.69, 9.17) is 4.74 Å². The molecule has 0 aliphatic heterocycles. The van der Waals surface area contributed by atoms with Crippen molar-refractivity contribution in [1.29, 1.82) is 0 Å². The Balaban J connectivity index is 1.79. The van der Waals surface area contributed by atoms with Gasteiger partial charge in [0.05, 0.1) is 19.1 Å². The Labute approximate surface area is 149 Å². The lowest BCUT2D eigenvalue weighted by Gasteiger charge is -2.23. The third-order valence-corrected chi connectivity index (χ3v) is 4.48. The Morgan fingerprint density at radius 1 is 1.16 bits per heavy atom. The maximum Gasteiger partial charge on any atom is 0.223 e. The molecule has 1 amide bonds. The van der Waals surface area contributed by atoms with Crippen LogP contribution in [0.1, 0.15) is 43.7 Å². The average molecular weight is 341 g/mol. The van der Waals surface area contributed by atoms with E-state index in [2.05, 4.69) is 12.2 Å². The lowest BCUT2D eigenvalue weighted by molar-refractivity contribution is -0.125. The summed E-state index contributed by atoms with van der Waals surface area (Å²) in [7, 11) is 1.65. The molecule has 0 saturated carbocycles. The van der Waals surface area contributed by atoms with Gasteiger partial charge in [0.25, 0.3) is 0 Å². The first-order chi connectivity index (χ1) is 11.9. The van der Waals surface area contributed by atoms with Gasteiger partial charge in [0, 0.05) is 6.54 Å². The van der Waals surface area contributed by atoms with Gasteiger partial charge >= 0.3 is 0 Å². The molecule has 2 N–H and O–H groups in total. The molecule has 0 spiro atoms. The highest BCUT2D eigenvalue weighted by Gasteiger charge is 2.26. The molecule has 0 aliphatic carbocycles. The van der Waals surface area contributed by atoms with Gasteiger partial charge in [0.1, 0.15) is 5.75 Å². The molecule has 0 heterocycles. The van der Waals surface area contributed by atoms with E-state index in [1.807, 2.05) is 54.6 Å². The van der Waals surface area contributed by atoms with Crippen LogP contribution in [0.25, 0.3) is 0 Å². The van der Waals surface area contributed by atoms with Gasteiger partial charge in [-0.3, -0.25) is 4.79 Å². The van der Waals surface area contributed by atoms with Gasteiger partial charge in [-0.05, 0) is 42.5 Å². The largest absolute Gasteiger partial charge is 0.497 e. The van der Waals surface area contributed by atoms with Gasteiger partial charge < -0.3 is 15.2 Å². The molecule has 4 nitrogen and oxygen atoms in total. The molecule has 2 unspecified atom stereocenters. The number of methoxy groups -OCH3 is 1. The summed E-state index contributed by atoms with van der Waals surface area (Å²) in [5, 5.41) is 13.4. The number of aliphatic hydroxyl groups is 1. The highest BCUT2D eigenvalue weighted by Crippen LogP contribution is 2.24. The van der Waals surface area contributed by atoms with Crippen LogP contribution in [-0.2, 0) is 10.4 Å². The Hall–Kier alpha value is -2.33. The number of benzene rings is 2. The molecule has 0 aromatic heterocycles. The van der Waals surface area contributed by atoms with Gasteiger partial charge in [-0.25, -0.2) is 0 Å². The first-order valence-electron chi connectivity index (χ1n) is 8.61. The monoisotopic (exact) mass is 341 g/mol. The van der Waals surface area contributed by atoms with E-state index in [1.54, 1.807) is 14.0 Å². The van der Waals surface area contributed by atoms with E-state index in [0.29, 0.717) is 12.5 Å². The number of carbonyl (C=O) groups excluding carboxylic acids is 1. The van der Waals surface area contributed by atoms with Crippen molar-refractivity contribution in [2.75, 3.05) is 13.7 Å². The number of carbonyl (C=O) groups is 1. The topological polar surface area (TPSA) is 58.6 Å². The zero-order chi connectivity index (χ0) is 18.3. The summed E-state index contributed by atoms with van der Waals surface area (Å²) in [5.41, 5.74) is 0.801. The Kier molecular flexibility index (Phi) is 6.59. The van der Waals surface area contributed by atoms with Gasteiger partial charge in [0.2, 0.25) is 5.91 Å². The highest BCUT2D eigenvalue weighted by atomic mass is 16.5. The molecule has 134 valence electrons. The summed E-state index contributed by atoms with van der Waals surface area (Å²) < 4.78 is 5.16. The van der Waals surface area contributed by atoms with Crippen molar-refractivity contribution in [2.45, 2.75) is 38.2 Å². The fraction of sp³-hybridized carbons (Fsp3) is 0.381. The van der Waals surface area contributed by atoms with Crippen LogP contribution < -0.4 is 10.1 Å². The quantitative estimate of drug-likeness (QED) is 0.771. The summed E-state index contributed by atoms with van der Waals surface area (Å²) in [5.74, 6) is 1.03. The molecular formula is C21H27NO3. The van der Waals surface area contributed by atoms with Crippen molar-refractivity contribution in [3.05, 3.63) is 65.7 Å². The average Bonchev–Trinajstić information content (AvgIpc) is 2.62. The molecule has 0 bridgehead atoms. The van der Waals surface area contributed by atoms with Gasteiger partial charge in [-0.1, -0.05) is 49.4 Å². The standard InChI is InChI=1S/C21H27NO3/c1-16(17-9-11-19(25-3)12-10-17)13-14-22-20(23)15-21(2,24)18-7-5-4-6-8-18/h4-12,16,24H,13-15H2,1-3H3,(H,22,23). The molecule has 2 aromatic carbocycles. The van der Waals surface area contributed by atoms with Crippen molar-refractivity contribution in [2.24, 2.45) is 0 Å². The minimum Gasteiger partial charge on any atom is -0.497 e. The fourth-order valence-electron chi connectivity index (χ4n) is 2.80. The second-order valence-corrected chi connectivity index (χ2v) is 6.63. The Bertz CT molecular complexity index is 665. The minimum absolute atomic E-state index is 0.0495. The summed E-state index contributed by atoms with van der Waals surface area (Å²) in [6.45, 7) is 4.38. The lowest BCUT2D eigenvalue weighted by atomic mass is 9.92. The molecular weight excluding hydrogens is 314 g/mol. The molecule has 2 atom stereocenters. The van der Waals surface area contributed by atoms with E-state index < -0.39 is 5.60 Å². The number of hydrogen-bond acceptors (Lipinski definition) is 3. The fourth-order valence-corrected chi connectivity index (χ4v) is 2.80. The first kappa shape index (κ1) is 19.0. The number of rotatable bonds is 8. The number of amides is 1. The van der Waals surface area contributed by atoms with Crippen molar-refractivity contribution >= 4 is 5.91 Å². The molecule has 0 radical (unpaired) electrons. The number of ether oxygens (including phenoxy) is 1. The van der Waals surface area contributed by atoms with Crippen LogP contribution in [0.2, 0.25) is 0 Å². The predicted octanol–water partition coefficient (Wildman–Crippen LogP) is 3.60. The molecule has 0 aliphatic rings. The van der Waals surface area contributed by atoms with E-state index in [0.717, 1.165) is 17.7 Å². The highest BCUT2D eigenvalue weighted by molar-refractivity contribution is 5.77. The maximum atomic E-state index is 12.1. The van der Waals surface area contributed by atoms with Crippen LogP contribution in [0.5, 0.6) is 5.75 Å². The van der Waals surface area contributed by atoms with Crippen molar-refractivity contribution in [3.8, 4) is 5.75 Å². The minimum atomic E-state index is -1.16. The molecule has 2 rings (SSSR count). The third-order valence-electron chi connectivity index (χ3n) is 4.48. The van der Waals surface area contributed by atoms with Gasteiger partial charge in [-0.2, -0.15) is 0 Å². The summed E-state index contributed by atoms with van der Waals surface area (Å²) >= 11 is 0. The predicted molar refractivity (Wildman–Crippen MR) is 99.7 cm³/mol. The van der Waals surface area contributed by atoms with Gasteiger partial charge in [0.15, 0.2) is 0 Å². The summed E-state index contributed by atoms with van der Waals surface area (Å²) in [6.07, 6.45) is 0.888. The smallest absolute Gasteiger partial charge is 0.223 e. The van der Waals surface area contributed by atoms with Crippen LogP contribution in [0.3, 0.4) is 0 Å². The first-order valence-corrected chi connectivity index (χ1v) is 8.61. The molecule has 2 aromatic rings. The summed E-state index contributed by atoms with van der Waals surface area (Å²) in [4.78, 5) is 12.1. The molecule has 4 heteroatoms. The van der Waals surface area contributed by atoms with E-state index in [1.165, 1.54) is 5.56 Å². The molecule has 25 heavy (non-hydrogen) atoms. The number of nitrogens with one attached hydrogen (secondary N) is 1. The van der Waals surface area contributed by atoms with E-state index >= 15 is 0 Å². The van der Waals surface area contributed by atoms with Crippen LogP contribution in [0.4, 0.5) is 0 Å². The van der Waals surface area contributed by atoms with Crippen molar-refractivity contribution in [1.82, 2.24) is 5.32 Å². The molecule has 0 fully saturated rings. The van der Waals surface area contributed by atoms with E-state index in [-0.39, 0.29) is 12.3 Å². The third kappa shape index (κ3) is 5.61. The maximum absolute atomic E-state index is 12.1. The van der Waals surface area contributed by atoms with Crippen LogP contribution in [0, 0.1) is 0 Å². The zero-order valence-electron chi connectivity index (χ0n) is 15.2. The summed E-state index contributed by atoms with van der Waals surface area (Å²) in [6, 6.07) is 17.3. The Morgan fingerprint density at radius 2 is 1.80 bits per heavy atom. The normalized spacial score (nSPS) is 14.4. The van der Waals surface area contributed by atoms with Crippen LogP contribution in [0.15, 0.2) is 54.6 Å². The van der Waals surface area contributed by atoms with Gasteiger partial charge in [-0.15, -0.1) is 0 Å². The van der Waals surface area contributed by atoms with Crippen molar-refractivity contribution in [3.63, 3.8) is 0 Å². The second kappa shape index (κ2) is 8.67.